The van der Waals surface area contributed by atoms with Crippen LogP contribution in [0.1, 0.15) is 35.3 Å². The van der Waals surface area contributed by atoms with Crippen LogP contribution < -0.4 is 5.32 Å². The number of nitrogens with one attached hydrogen (secondary N) is 1. The van der Waals surface area contributed by atoms with Gasteiger partial charge in [-0.25, -0.2) is 15.0 Å². The average Bonchev–Trinajstić information content (AvgIpc) is 2.97. The fourth-order valence-electron chi connectivity index (χ4n) is 2.11. The van der Waals surface area contributed by atoms with Crippen LogP contribution in [-0.2, 0) is 6.54 Å². The number of nitrogens with zero attached hydrogens (tertiary/aromatic N) is 4. The zero-order valence-electron chi connectivity index (χ0n) is 13.7. The van der Waals surface area contributed by atoms with Crippen molar-refractivity contribution < 1.29 is 4.79 Å². The molecule has 8 heteroatoms. The van der Waals surface area contributed by atoms with E-state index in [4.69, 9.17) is 0 Å². The fraction of sp³-hybridized carbons (Fsp3) is 0.250. The van der Waals surface area contributed by atoms with Crippen molar-refractivity contribution in [2.45, 2.75) is 27.3 Å². The first-order valence-corrected chi connectivity index (χ1v) is 10.8. The highest BCUT2D eigenvalue weighted by Crippen LogP contribution is 2.27. The van der Waals surface area contributed by atoms with E-state index in [1.54, 1.807) is 27.7 Å². The van der Waals surface area contributed by atoms with Crippen molar-refractivity contribution >= 4 is 47.3 Å². The van der Waals surface area contributed by atoms with Crippen molar-refractivity contribution in [3.63, 3.8) is 0 Å². The lowest BCUT2D eigenvalue weighted by atomic mass is 10.2. The second-order valence-corrected chi connectivity index (χ2v) is 6.44. The Hall–Kier alpha value is -1.68. The van der Waals surface area contributed by atoms with Crippen molar-refractivity contribution in [2.24, 2.45) is 0 Å². The number of carbonyl (C=O) groups excluding carboxylic acids is 1. The van der Waals surface area contributed by atoms with Gasteiger partial charge in [0, 0.05) is 72.6 Å². The Bertz CT molecular complexity index is 822. The molecule has 24 heavy (non-hydrogen) atoms. The predicted molar refractivity (Wildman–Crippen MR) is 106 cm³/mol. The van der Waals surface area contributed by atoms with E-state index < -0.39 is 0 Å². The average molecular weight is 455 g/mol. The van der Waals surface area contributed by atoms with Gasteiger partial charge in [-0.2, -0.15) is 0 Å². The Morgan fingerprint density at radius 2 is 2.00 bits per heavy atom. The molecule has 0 aliphatic heterocycles. The number of aryl methyl sites for hydroxylation is 1. The third kappa shape index (κ3) is 4.23. The van der Waals surface area contributed by atoms with Gasteiger partial charge in [0.05, 0.1) is 5.56 Å². The summed E-state index contributed by atoms with van der Waals surface area (Å²) in [5, 5.41) is 3.83. The first kappa shape index (κ1) is 18.7. The highest BCUT2D eigenvalue weighted by molar-refractivity contribution is 14.2. The van der Waals surface area contributed by atoms with Crippen molar-refractivity contribution in [1.82, 2.24) is 24.2 Å². The van der Waals surface area contributed by atoms with Crippen molar-refractivity contribution in [2.75, 3.05) is 0 Å². The minimum atomic E-state index is -0.160. The van der Waals surface area contributed by atoms with Gasteiger partial charge in [0.25, 0.3) is 5.91 Å². The van der Waals surface area contributed by atoms with E-state index in [9.17, 15) is 4.79 Å². The largest absolute Gasteiger partial charge is 0.348 e. The molecule has 0 aliphatic rings. The van der Waals surface area contributed by atoms with Gasteiger partial charge >= 0.3 is 0 Å². The Morgan fingerprint density at radius 1 is 1.29 bits per heavy atom. The Kier molecular flexibility index (Phi) is 6.98. The summed E-state index contributed by atoms with van der Waals surface area (Å²) in [7, 11) is 1.55. The Morgan fingerprint density at radius 3 is 2.67 bits per heavy atom. The van der Waals surface area contributed by atoms with Crippen LogP contribution in [-0.4, -0.2) is 24.8 Å². The van der Waals surface area contributed by atoms with Crippen LogP contribution >= 0.6 is 30.3 Å². The minimum absolute atomic E-state index is 0.160. The molecular weight excluding hydrogens is 437 g/mol. The maximum absolute atomic E-state index is 12.2. The van der Waals surface area contributed by atoms with Crippen LogP contribution in [0.2, 0.25) is 0 Å². The number of carbonyl (C=O) groups is 1. The van der Waals surface area contributed by atoms with E-state index in [0.717, 1.165) is 22.2 Å². The van der Waals surface area contributed by atoms with Crippen molar-refractivity contribution in [3.05, 3.63) is 53.9 Å². The molecule has 0 saturated heterocycles. The predicted octanol–water partition coefficient (Wildman–Crippen LogP) is 3.94. The van der Waals surface area contributed by atoms with E-state index in [-0.39, 0.29) is 5.91 Å². The molecule has 0 atom stereocenters. The summed E-state index contributed by atoms with van der Waals surface area (Å²) in [6, 6.07) is 1.87. The Balaban J connectivity index is 0.00000100. The molecule has 0 unspecified atom stereocenters. The molecule has 3 aromatic rings. The lowest BCUT2D eigenvalue weighted by Gasteiger charge is -2.05. The molecule has 1 amide bonds. The smallest absolute Gasteiger partial charge is 0.253 e. The molecule has 0 aromatic carbocycles. The Labute approximate surface area is 157 Å². The van der Waals surface area contributed by atoms with Crippen molar-refractivity contribution in [3.8, 4) is 0 Å². The van der Waals surface area contributed by atoms with Gasteiger partial charge in [-0.3, -0.25) is 8.77 Å². The first-order chi connectivity index (χ1) is 11.7. The summed E-state index contributed by atoms with van der Waals surface area (Å²) in [6.07, 6.45) is 8.43. The molecular formula is C16H18IN5OS. The van der Waals surface area contributed by atoms with Gasteiger partial charge in [-0.05, 0) is 18.6 Å². The summed E-state index contributed by atoms with van der Waals surface area (Å²) in [5.74, 6) is -0.160. The molecule has 0 fully saturated rings. The molecule has 0 saturated carbocycles. The number of fused-ring (bicyclic) bond motifs is 1. The quantitative estimate of drug-likeness (QED) is 0.604. The second-order valence-electron chi connectivity index (χ2n) is 4.73. The zero-order chi connectivity index (χ0) is 17.5. The molecule has 3 aromatic heterocycles. The second kappa shape index (κ2) is 8.97. The lowest BCUT2D eigenvalue weighted by molar-refractivity contribution is 0.0950. The topological polar surface area (TPSA) is 72.7 Å². The van der Waals surface area contributed by atoms with Crippen LogP contribution in [0.3, 0.4) is 0 Å². The summed E-state index contributed by atoms with van der Waals surface area (Å²) >= 11 is 2.21. The zero-order valence-corrected chi connectivity index (χ0v) is 16.6. The van der Waals surface area contributed by atoms with E-state index in [2.05, 4.69) is 41.5 Å². The molecule has 0 radical (unpaired) electrons. The van der Waals surface area contributed by atoms with Crippen LogP contribution in [0.5, 0.6) is 0 Å². The third-order valence-electron chi connectivity index (χ3n) is 3.21. The molecule has 0 spiro atoms. The highest BCUT2D eigenvalue weighted by Gasteiger charge is 2.12. The standard InChI is InChI=1S/C14H12IN5OS.C2H6/c1-9-7-20(22-15)13-12(9)2-11(6-18-13)14(21)19-5-10-3-16-8-17-4-10;1-2/h2-4,6-8H,5H2,1H3,(H,19,21);1-2H3. The molecule has 3 heterocycles. The SMILES string of the molecule is CC.Cc1cn(SI)c2ncc(C(=O)NCc3cncnc3)cc12. The molecule has 126 valence electrons. The number of rotatable bonds is 4. The summed E-state index contributed by atoms with van der Waals surface area (Å²) < 4.78 is 1.98. The van der Waals surface area contributed by atoms with E-state index in [1.807, 2.05) is 37.0 Å². The lowest BCUT2D eigenvalue weighted by Crippen LogP contribution is -2.23. The van der Waals surface area contributed by atoms with E-state index in [1.165, 1.54) is 6.33 Å². The van der Waals surface area contributed by atoms with Crippen molar-refractivity contribution in [1.29, 1.82) is 0 Å². The fourth-order valence-corrected chi connectivity index (χ4v) is 3.42. The van der Waals surface area contributed by atoms with Crippen LogP contribution in [0.15, 0.2) is 37.2 Å². The summed E-state index contributed by atoms with van der Waals surface area (Å²) in [5.41, 5.74) is 3.36. The molecule has 3 rings (SSSR count). The van der Waals surface area contributed by atoms with E-state index >= 15 is 0 Å². The van der Waals surface area contributed by atoms with Gasteiger partial charge in [0.1, 0.15) is 6.33 Å². The number of halogens is 1. The van der Waals surface area contributed by atoms with Gasteiger partial charge in [-0.1, -0.05) is 13.8 Å². The number of amides is 1. The number of pyridine rings is 1. The number of aromatic nitrogens is 4. The third-order valence-corrected chi connectivity index (χ3v) is 4.91. The van der Waals surface area contributed by atoms with Gasteiger partial charge in [-0.15, -0.1) is 0 Å². The van der Waals surface area contributed by atoms with Gasteiger partial charge in [0.2, 0.25) is 0 Å². The maximum atomic E-state index is 12.2. The monoisotopic (exact) mass is 455 g/mol. The van der Waals surface area contributed by atoms with E-state index in [0.29, 0.717) is 12.1 Å². The van der Waals surface area contributed by atoms with Crippen LogP contribution in [0.25, 0.3) is 11.0 Å². The number of hydrogen-bond acceptors (Lipinski definition) is 5. The van der Waals surface area contributed by atoms with Crippen LogP contribution in [0.4, 0.5) is 0 Å². The molecule has 0 bridgehead atoms. The van der Waals surface area contributed by atoms with Gasteiger partial charge < -0.3 is 5.32 Å². The summed E-state index contributed by atoms with van der Waals surface area (Å²) in [6.45, 7) is 6.40. The number of hydrogen-bond donors (Lipinski definition) is 1. The normalized spacial score (nSPS) is 10.2. The molecule has 6 nitrogen and oxygen atoms in total. The summed E-state index contributed by atoms with van der Waals surface area (Å²) in [4.78, 5) is 24.5. The van der Waals surface area contributed by atoms with Gasteiger partial charge in [0.15, 0.2) is 5.65 Å². The minimum Gasteiger partial charge on any atom is -0.348 e. The molecule has 1 N–H and O–H groups in total. The molecule has 0 aliphatic carbocycles. The maximum Gasteiger partial charge on any atom is 0.253 e. The first-order valence-electron chi connectivity index (χ1n) is 7.48. The highest BCUT2D eigenvalue weighted by atomic mass is 127. The van der Waals surface area contributed by atoms with Crippen LogP contribution in [0, 0.1) is 6.92 Å².